The number of hydrogen-bond donors (Lipinski definition) is 1. The molecule has 1 rings (SSSR count). The minimum absolute atomic E-state index is 0.00859. The Labute approximate surface area is 110 Å². The highest BCUT2D eigenvalue weighted by molar-refractivity contribution is 5.97. The Kier molecular flexibility index (Phi) is 4.41. The van der Waals surface area contributed by atoms with Crippen LogP contribution in [0.5, 0.6) is 0 Å². The average molecular weight is 254 g/mol. The third-order valence-electron chi connectivity index (χ3n) is 3.81. The summed E-state index contributed by atoms with van der Waals surface area (Å²) < 4.78 is 0. The Morgan fingerprint density at radius 2 is 1.83 bits per heavy atom. The summed E-state index contributed by atoms with van der Waals surface area (Å²) in [6, 6.07) is -0.726. The fraction of sp³-hybridized carbons (Fsp3) is 0.857. The summed E-state index contributed by atoms with van der Waals surface area (Å²) in [5.74, 6) is 0.232. The lowest BCUT2D eigenvalue weighted by Gasteiger charge is -2.44. The number of carbonyl (C=O) groups is 2. The third kappa shape index (κ3) is 2.68. The predicted molar refractivity (Wildman–Crippen MR) is 72.0 cm³/mol. The van der Waals surface area contributed by atoms with E-state index in [1.165, 1.54) is 0 Å². The van der Waals surface area contributed by atoms with Crippen molar-refractivity contribution in [2.45, 2.75) is 60.0 Å². The predicted octanol–water partition coefficient (Wildman–Crippen LogP) is 1.79. The van der Waals surface area contributed by atoms with Gasteiger partial charge in [-0.25, -0.2) is 0 Å². The van der Waals surface area contributed by atoms with E-state index < -0.39 is 6.04 Å². The largest absolute Gasteiger partial charge is 0.342 e. The number of amides is 2. The monoisotopic (exact) mass is 254 g/mol. The molecule has 4 nitrogen and oxygen atoms in total. The molecule has 1 N–H and O–H groups in total. The van der Waals surface area contributed by atoms with Gasteiger partial charge in [0.1, 0.15) is 12.1 Å². The molecule has 1 saturated heterocycles. The van der Waals surface area contributed by atoms with Crippen LogP contribution in [0.1, 0.15) is 48.0 Å². The van der Waals surface area contributed by atoms with E-state index in [2.05, 4.69) is 5.32 Å². The molecule has 0 bridgehead atoms. The van der Waals surface area contributed by atoms with Crippen LogP contribution < -0.4 is 5.32 Å². The Hall–Kier alpha value is -1.06. The van der Waals surface area contributed by atoms with E-state index in [9.17, 15) is 9.59 Å². The number of hydrogen-bond acceptors (Lipinski definition) is 2. The molecule has 104 valence electrons. The van der Waals surface area contributed by atoms with Crippen LogP contribution in [0.25, 0.3) is 0 Å². The Morgan fingerprint density at radius 1 is 1.28 bits per heavy atom. The average Bonchev–Trinajstić information content (AvgIpc) is 2.28. The zero-order valence-corrected chi connectivity index (χ0v) is 12.4. The van der Waals surface area contributed by atoms with Crippen molar-refractivity contribution in [2.75, 3.05) is 6.54 Å². The second-order valence-electron chi connectivity index (χ2n) is 6.26. The molecule has 1 fully saturated rings. The van der Waals surface area contributed by atoms with E-state index in [1.807, 2.05) is 41.5 Å². The molecular formula is C14H26N2O2. The molecule has 1 aliphatic heterocycles. The number of likely N-dealkylation sites (N-methyl/N-ethyl adjacent to an activating group) is 1. The van der Waals surface area contributed by atoms with Crippen LogP contribution in [-0.4, -0.2) is 35.3 Å². The first-order valence-electron chi connectivity index (χ1n) is 6.84. The maximum absolute atomic E-state index is 12.5. The van der Waals surface area contributed by atoms with Gasteiger partial charge in [-0.3, -0.25) is 9.59 Å². The highest BCUT2D eigenvalue weighted by Crippen LogP contribution is 2.27. The van der Waals surface area contributed by atoms with Crippen LogP contribution in [-0.2, 0) is 9.59 Å². The van der Waals surface area contributed by atoms with Crippen molar-refractivity contribution in [3.05, 3.63) is 0 Å². The van der Waals surface area contributed by atoms with Crippen molar-refractivity contribution in [2.24, 2.45) is 11.3 Å². The van der Waals surface area contributed by atoms with Crippen molar-refractivity contribution < 1.29 is 9.59 Å². The van der Waals surface area contributed by atoms with Crippen molar-refractivity contribution in [3.63, 3.8) is 0 Å². The molecule has 3 unspecified atom stereocenters. The maximum atomic E-state index is 12.5. The van der Waals surface area contributed by atoms with Gasteiger partial charge in [0.25, 0.3) is 0 Å². The van der Waals surface area contributed by atoms with Gasteiger partial charge in [-0.1, -0.05) is 41.0 Å². The second-order valence-corrected chi connectivity index (χ2v) is 6.26. The van der Waals surface area contributed by atoms with Gasteiger partial charge < -0.3 is 10.2 Å². The number of nitrogens with one attached hydrogen (secondary N) is 1. The summed E-state index contributed by atoms with van der Waals surface area (Å²) in [4.78, 5) is 26.5. The van der Waals surface area contributed by atoms with Gasteiger partial charge in [0.2, 0.25) is 11.8 Å². The van der Waals surface area contributed by atoms with Gasteiger partial charge in [0.05, 0.1) is 0 Å². The third-order valence-corrected chi connectivity index (χ3v) is 3.81. The topological polar surface area (TPSA) is 49.4 Å². The van der Waals surface area contributed by atoms with Crippen molar-refractivity contribution in [1.82, 2.24) is 10.2 Å². The first-order chi connectivity index (χ1) is 8.23. The van der Waals surface area contributed by atoms with Gasteiger partial charge >= 0.3 is 0 Å². The van der Waals surface area contributed by atoms with Crippen molar-refractivity contribution in [3.8, 4) is 0 Å². The maximum Gasteiger partial charge on any atom is 0.246 e. The van der Waals surface area contributed by atoms with Crippen molar-refractivity contribution in [1.29, 1.82) is 0 Å². The van der Waals surface area contributed by atoms with E-state index in [0.717, 1.165) is 6.42 Å². The zero-order chi connectivity index (χ0) is 14.1. The molecule has 18 heavy (non-hydrogen) atoms. The highest BCUT2D eigenvalue weighted by atomic mass is 16.2. The molecule has 0 aliphatic carbocycles. The minimum atomic E-state index is -0.412. The first-order valence-corrected chi connectivity index (χ1v) is 6.84. The molecule has 4 heteroatoms. The van der Waals surface area contributed by atoms with Gasteiger partial charge in [0.15, 0.2) is 0 Å². The molecule has 0 radical (unpaired) electrons. The van der Waals surface area contributed by atoms with E-state index in [1.54, 1.807) is 4.90 Å². The number of carbonyl (C=O) groups excluding carboxylic acids is 2. The fourth-order valence-corrected chi connectivity index (χ4v) is 2.46. The number of rotatable bonds is 3. The van der Waals surface area contributed by atoms with Crippen LogP contribution in [0.15, 0.2) is 0 Å². The summed E-state index contributed by atoms with van der Waals surface area (Å²) in [5, 5.41) is 2.91. The molecule has 0 saturated carbocycles. The highest BCUT2D eigenvalue weighted by Gasteiger charge is 2.45. The standard InChI is InChI=1S/C14H26N2O2/c1-7-9(3)10-12(17)15-11(14(4,5)6)13(18)16(10)8-2/h9-11H,7-8H2,1-6H3,(H,15,17). The summed E-state index contributed by atoms with van der Waals surface area (Å²) >= 11 is 0. The summed E-state index contributed by atoms with van der Waals surface area (Å²) in [5.41, 5.74) is -0.249. The Balaban J connectivity index is 3.04. The lowest BCUT2D eigenvalue weighted by atomic mass is 9.82. The van der Waals surface area contributed by atoms with Crippen LogP contribution >= 0.6 is 0 Å². The first kappa shape index (κ1) is 15.0. The second kappa shape index (κ2) is 5.29. The molecule has 0 aromatic rings. The van der Waals surface area contributed by atoms with Crippen LogP contribution in [0, 0.1) is 11.3 Å². The van der Waals surface area contributed by atoms with Crippen LogP contribution in [0.4, 0.5) is 0 Å². The van der Waals surface area contributed by atoms with Gasteiger partial charge in [-0.05, 0) is 18.3 Å². The molecule has 0 aromatic carbocycles. The smallest absolute Gasteiger partial charge is 0.246 e. The molecular weight excluding hydrogens is 228 g/mol. The van der Waals surface area contributed by atoms with Crippen LogP contribution in [0.2, 0.25) is 0 Å². The molecule has 0 spiro atoms. The lowest BCUT2D eigenvalue weighted by molar-refractivity contribution is -0.154. The molecule has 3 atom stereocenters. The quantitative estimate of drug-likeness (QED) is 0.835. The summed E-state index contributed by atoms with van der Waals surface area (Å²) in [6.45, 7) is 12.5. The lowest BCUT2D eigenvalue weighted by Crippen LogP contribution is -2.67. The number of piperazine rings is 1. The van der Waals surface area contributed by atoms with E-state index >= 15 is 0 Å². The molecule has 1 heterocycles. The van der Waals surface area contributed by atoms with Gasteiger partial charge in [-0.15, -0.1) is 0 Å². The summed E-state index contributed by atoms with van der Waals surface area (Å²) in [6.07, 6.45) is 0.891. The van der Waals surface area contributed by atoms with Gasteiger partial charge in [0, 0.05) is 6.54 Å². The Bertz CT molecular complexity index is 333. The van der Waals surface area contributed by atoms with E-state index in [0.29, 0.717) is 6.54 Å². The normalized spacial score (nSPS) is 27.1. The minimum Gasteiger partial charge on any atom is -0.342 e. The van der Waals surface area contributed by atoms with E-state index in [4.69, 9.17) is 0 Å². The van der Waals surface area contributed by atoms with E-state index in [-0.39, 0.29) is 29.2 Å². The summed E-state index contributed by atoms with van der Waals surface area (Å²) in [7, 11) is 0. The SMILES string of the molecule is CCC(C)C1C(=O)NC(C(C)(C)C)C(=O)N1CC. The number of nitrogens with zero attached hydrogens (tertiary/aromatic N) is 1. The van der Waals surface area contributed by atoms with Crippen LogP contribution in [0.3, 0.4) is 0 Å². The molecule has 2 amide bonds. The van der Waals surface area contributed by atoms with Gasteiger partial charge in [-0.2, -0.15) is 0 Å². The Morgan fingerprint density at radius 3 is 2.22 bits per heavy atom. The molecule has 1 aliphatic rings. The zero-order valence-electron chi connectivity index (χ0n) is 12.4. The fourth-order valence-electron chi connectivity index (χ4n) is 2.46. The van der Waals surface area contributed by atoms with Crippen molar-refractivity contribution >= 4 is 11.8 Å². The molecule has 0 aromatic heterocycles.